The van der Waals surface area contributed by atoms with E-state index in [0.717, 1.165) is 56.6 Å². The number of ether oxygens (including phenoxy) is 3. The van der Waals surface area contributed by atoms with Crippen molar-refractivity contribution in [2.24, 2.45) is 17.8 Å². The number of hydrogen-bond donors (Lipinski definition) is 0. The summed E-state index contributed by atoms with van der Waals surface area (Å²) in [6, 6.07) is 10.2. The molecule has 2 aromatic carbocycles. The SMILES string of the molecule is CC1COC(C2CCC(c3ccc(C4CCC(C(F)(F)Oc5ccc(C#N)c(F)c5)CC4)c(F)c3)CC2)OC1. The molecule has 1 heterocycles. The molecule has 1 aliphatic heterocycles. The largest absolute Gasteiger partial charge is 0.432 e. The van der Waals surface area contributed by atoms with Crippen LogP contribution in [0.15, 0.2) is 36.4 Å². The molecule has 0 unspecified atom stereocenters. The van der Waals surface area contributed by atoms with Gasteiger partial charge in [0.15, 0.2) is 6.29 Å². The van der Waals surface area contributed by atoms with Crippen LogP contribution in [0.3, 0.4) is 0 Å². The van der Waals surface area contributed by atoms with Crippen LogP contribution >= 0.6 is 0 Å². The zero-order chi connectivity index (χ0) is 27.6. The van der Waals surface area contributed by atoms with Crippen LogP contribution in [-0.2, 0) is 9.47 Å². The Balaban J connectivity index is 1.14. The van der Waals surface area contributed by atoms with E-state index in [1.165, 1.54) is 6.07 Å². The maximum absolute atomic E-state index is 15.2. The lowest BCUT2D eigenvalue weighted by atomic mass is 9.76. The highest BCUT2D eigenvalue weighted by Gasteiger charge is 2.44. The van der Waals surface area contributed by atoms with E-state index >= 15 is 4.39 Å². The van der Waals surface area contributed by atoms with Crippen molar-refractivity contribution in [1.82, 2.24) is 0 Å². The van der Waals surface area contributed by atoms with Crippen molar-refractivity contribution < 1.29 is 31.8 Å². The molecule has 210 valence electrons. The van der Waals surface area contributed by atoms with Gasteiger partial charge in [-0.2, -0.15) is 14.0 Å². The Labute approximate surface area is 227 Å². The van der Waals surface area contributed by atoms with E-state index in [2.05, 4.69) is 6.92 Å². The molecule has 0 radical (unpaired) electrons. The van der Waals surface area contributed by atoms with Crippen LogP contribution in [-0.4, -0.2) is 25.6 Å². The number of rotatable bonds is 6. The highest BCUT2D eigenvalue weighted by atomic mass is 19.3. The van der Waals surface area contributed by atoms with Gasteiger partial charge in [0.05, 0.1) is 24.7 Å². The summed E-state index contributed by atoms with van der Waals surface area (Å²) in [7, 11) is 0. The van der Waals surface area contributed by atoms with Crippen LogP contribution in [0.2, 0.25) is 0 Å². The summed E-state index contributed by atoms with van der Waals surface area (Å²) >= 11 is 0. The van der Waals surface area contributed by atoms with Crippen molar-refractivity contribution in [3.63, 3.8) is 0 Å². The van der Waals surface area contributed by atoms with Gasteiger partial charge in [-0.15, -0.1) is 0 Å². The molecule has 2 aromatic rings. The quantitative estimate of drug-likeness (QED) is 0.345. The molecule has 1 saturated heterocycles. The van der Waals surface area contributed by atoms with Gasteiger partial charge in [0.1, 0.15) is 23.5 Å². The zero-order valence-electron chi connectivity index (χ0n) is 22.2. The second-order valence-corrected chi connectivity index (χ2v) is 11.5. The first-order chi connectivity index (χ1) is 18.7. The first kappa shape index (κ1) is 27.9. The number of hydrogen-bond acceptors (Lipinski definition) is 4. The fourth-order valence-corrected chi connectivity index (χ4v) is 6.37. The third-order valence-corrected chi connectivity index (χ3v) is 8.70. The molecular formula is C31H35F4NO3. The van der Waals surface area contributed by atoms with Gasteiger partial charge in [-0.05, 0) is 92.5 Å². The molecule has 3 aliphatic rings. The Morgan fingerprint density at radius 1 is 0.846 bits per heavy atom. The molecule has 0 bridgehead atoms. The number of alkyl halides is 2. The number of halogens is 4. The van der Waals surface area contributed by atoms with E-state index in [-0.39, 0.29) is 42.2 Å². The summed E-state index contributed by atoms with van der Waals surface area (Å²) in [5, 5.41) is 8.81. The number of nitrogens with zero attached hydrogens (tertiary/aromatic N) is 1. The Kier molecular flexibility index (Phi) is 8.49. The lowest BCUT2D eigenvalue weighted by Crippen LogP contribution is -2.37. The van der Waals surface area contributed by atoms with E-state index in [1.54, 1.807) is 12.1 Å². The van der Waals surface area contributed by atoms with Gasteiger partial charge in [0.25, 0.3) is 0 Å². The standard InChI is InChI=1S/C31H35F4NO3/c1-19-17-37-30(38-18-19)22-4-2-20(3-5-22)23-9-13-27(29(33)14-23)21-6-10-25(11-7-21)31(34,35)39-26-12-8-24(16-36)28(32)15-26/h8-9,12-15,19-22,25,30H,2-7,10-11,17-18H2,1H3. The highest BCUT2D eigenvalue weighted by molar-refractivity contribution is 5.36. The fourth-order valence-electron chi connectivity index (χ4n) is 6.37. The third kappa shape index (κ3) is 6.41. The number of benzene rings is 2. The predicted molar refractivity (Wildman–Crippen MR) is 137 cm³/mol. The minimum absolute atomic E-state index is 0.126. The molecule has 0 N–H and O–H groups in total. The van der Waals surface area contributed by atoms with E-state index in [0.29, 0.717) is 36.2 Å². The van der Waals surface area contributed by atoms with Crippen molar-refractivity contribution in [1.29, 1.82) is 5.26 Å². The van der Waals surface area contributed by atoms with E-state index in [4.69, 9.17) is 19.5 Å². The topological polar surface area (TPSA) is 51.5 Å². The second kappa shape index (κ2) is 11.9. The fraction of sp³-hybridized carbons (Fsp3) is 0.581. The van der Waals surface area contributed by atoms with Gasteiger partial charge in [-0.3, -0.25) is 0 Å². The average Bonchev–Trinajstić information content (AvgIpc) is 2.93. The molecule has 8 heteroatoms. The molecule has 39 heavy (non-hydrogen) atoms. The molecule has 0 atom stereocenters. The Hall–Kier alpha value is -2.63. The van der Waals surface area contributed by atoms with Crippen molar-refractivity contribution >= 4 is 0 Å². The van der Waals surface area contributed by atoms with Gasteiger partial charge in [-0.1, -0.05) is 19.1 Å². The summed E-state index contributed by atoms with van der Waals surface area (Å²) in [6.07, 6.45) is 1.48. The smallest absolute Gasteiger partial charge is 0.400 e. The highest BCUT2D eigenvalue weighted by Crippen LogP contribution is 2.45. The van der Waals surface area contributed by atoms with Crippen molar-refractivity contribution in [2.75, 3.05) is 13.2 Å². The van der Waals surface area contributed by atoms with Gasteiger partial charge < -0.3 is 14.2 Å². The Bertz CT molecular complexity index is 1170. The van der Waals surface area contributed by atoms with Crippen LogP contribution in [0, 0.1) is 40.7 Å². The third-order valence-electron chi connectivity index (χ3n) is 8.70. The summed E-state index contributed by atoms with van der Waals surface area (Å²) in [6.45, 7) is 3.59. The van der Waals surface area contributed by atoms with Gasteiger partial charge in [0.2, 0.25) is 0 Å². The summed E-state index contributed by atoms with van der Waals surface area (Å²) in [5.74, 6) is -1.55. The van der Waals surface area contributed by atoms with Crippen molar-refractivity contribution in [3.8, 4) is 11.8 Å². The van der Waals surface area contributed by atoms with Crippen molar-refractivity contribution in [2.45, 2.75) is 82.5 Å². The lowest BCUT2D eigenvalue weighted by Gasteiger charge is -2.37. The first-order valence-electron chi connectivity index (χ1n) is 14.0. The van der Waals surface area contributed by atoms with Gasteiger partial charge in [0, 0.05) is 17.9 Å². The van der Waals surface area contributed by atoms with E-state index in [9.17, 15) is 13.2 Å². The van der Waals surface area contributed by atoms with Gasteiger partial charge >= 0.3 is 6.11 Å². The normalized spacial score (nSPS) is 29.9. The second-order valence-electron chi connectivity index (χ2n) is 11.5. The minimum atomic E-state index is -3.49. The Morgan fingerprint density at radius 2 is 1.51 bits per heavy atom. The number of nitriles is 1. The maximum atomic E-state index is 15.2. The monoisotopic (exact) mass is 545 g/mol. The molecule has 0 spiro atoms. The molecular weight excluding hydrogens is 510 g/mol. The van der Waals surface area contributed by atoms with Crippen LogP contribution in [0.25, 0.3) is 0 Å². The molecule has 5 rings (SSSR count). The van der Waals surface area contributed by atoms with Crippen LogP contribution in [0.5, 0.6) is 5.75 Å². The van der Waals surface area contributed by atoms with Crippen LogP contribution in [0.4, 0.5) is 17.6 Å². The first-order valence-corrected chi connectivity index (χ1v) is 14.0. The minimum Gasteiger partial charge on any atom is -0.432 e. The Morgan fingerprint density at radius 3 is 2.13 bits per heavy atom. The molecule has 0 aromatic heterocycles. The van der Waals surface area contributed by atoms with E-state index < -0.39 is 17.8 Å². The zero-order valence-corrected chi connectivity index (χ0v) is 22.2. The summed E-state index contributed by atoms with van der Waals surface area (Å²) in [4.78, 5) is 0. The predicted octanol–water partition coefficient (Wildman–Crippen LogP) is 8.06. The van der Waals surface area contributed by atoms with Crippen LogP contribution < -0.4 is 4.74 Å². The molecule has 4 nitrogen and oxygen atoms in total. The summed E-state index contributed by atoms with van der Waals surface area (Å²) < 4.78 is 75.3. The van der Waals surface area contributed by atoms with Crippen molar-refractivity contribution in [3.05, 3.63) is 64.7 Å². The van der Waals surface area contributed by atoms with E-state index in [1.807, 2.05) is 12.1 Å². The molecule has 3 fully saturated rings. The van der Waals surface area contributed by atoms with Gasteiger partial charge in [-0.25, -0.2) is 8.78 Å². The molecule has 2 aliphatic carbocycles. The maximum Gasteiger partial charge on any atom is 0.400 e. The average molecular weight is 546 g/mol. The summed E-state index contributed by atoms with van der Waals surface area (Å²) in [5.41, 5.74) is 1.35. The molecule has 2 saturated carbocycles. The lowest BCUT2D eigenvalue weighted by molar-refractivity contribution is -0.226. The molecule has 0 amide bonds. The van der Waals surface area contributed by atoms with Crippen LogP contribution in [0.1, 0.15) is 86.8 Å².